The van der Waals surface area contributed by atoms with Gasteiger partial charge in [0.05, 0.1) is 0 Å². The average Bonchev–Trinajstić information content (AvgIpc) is 3.23. The number of aromatic nitrogens is 1. The summed E-state index contributed by atoms with van der Waals surface area (Å²) in [6, 6.07) is 10.9. The van der Waals surface area contributed by atoms with Gasteiger partial charge in [-0.2, -0.15) is 0 Å². The van der Waals surface area contributed by atoms with Gasteiger partial charge in [0.2, 0.25) is 0 Å². The molecule has 1 aliphatic carbocycles. The number of benzene rings is 1. The SMILES string of the molecule is Clc1ccc(-c2cccnc2)cc1CNC1CC1. The molecule has 0 spiro atoms. The van der Waals surface area contributed by atoms with Crippen molar-refractivity contribution < 1.29 is 0 Å². The second-order valence-corrected chi connectivity index (χ2v) is 5.11. The summed E-state index contributed by atoms with van der Waals surface area (Å²) in [4.78, 5) is 4.15. The molecule has 92 valence electrons. The van der Waals surface area contributed by atoms with Gasteiger partial charge in [0.15, 0.2) is 0 Å². The van der Waals surface area contributed by atoms with Crippen LogP contribution in [-0.4, -0.2) is 11.0 Å². The Bertz CT molecular complexity index is 535. The molecule has 1 N–H and O–H groups in total. The molecule has 1 heterocycles. The Morgan fingerprint density at radius 3 is 2.83 bits per heavy atom. The molecule has 1 aliphatic rings. The van der Waals surface area contributed by atoms with Gasteiger partial charge in [0.25, 0.3) is 0 Å². The summed E-state index contributed by atoms with van der Waals surface area (Å²) in [5.41, 5.74) is 3.45. The van der Waals surface area contributed by atoms with Crippen LogP contribution >= 0.6 is 11.6 Å². The van der Waals surface area contributed by atoms with Crippen LogP contribution in [0.1, 0.15) is 18.4 Å². The lowest BCUT2D eigenvalue weighted by molar-refractivity contribution is 0.688. The van der Waals surface area contributed by atoms with E-state index in [9.17, 15) is 0 Å². The molecule has 0 bridgehead atoms. The summed E-state index contributed by atoms with van der Waals surface area (Å²) in [5.74, 6) is 0. The van der Waals surface area contributed by atoms with Gasteiger partial charge < -0.3 is 5.32 Å². The smallest absolute Gasteiger partial charge is 0.0451 e. The lowest BCUT2D eigenvalue weighted by Crippen LogP contribution is -2.15. The van der Waals surface area contributed by atoms with Crippen LogP contribution < -0.4 is 5.32 Å². The standard InChI is InChI=1S/C15H15ClN2/c16-15-6-3-11(12-2-1-7-17-9-12)8-13(15)10-18-14-4-5-14/h1-3,6-9,14,18H,4-5,10H2. The predicted octanol–water partition coefficient (Wildman–Crippen LogP) is 3.65. The second kappa shape index (κ2) is 5.09. The summed E-state index contributed by atoms with van der Waals surface area (Å²) in [6.07, 6.45) is 6.25. The quantitative estimate of drug-likeness (QED) is 0.905. The van der Waals surface area contributed by atoms with Gasteiger partial charge in [-0.1, -0.05) is 23.7 Å². The first-order valence-corrected chi connectivity index (χ1v) is 6.63. The molecule has 1 aromatic carbocycles. The normalized spacial score (nSPS) is 14.7. The van der Waals surface area contributed by atoms with Gasteiger partial charge in [-0.3, -0.25) is 4.98 Å². The minimum Gasteiger partial charge on any atom is -0.310 e. The van der Waals surface area contributed by atoms with Crippen LogP contribution in [0.5, 0.6) is 0 Å². The van der Waals surface area contributed by atoms with Crippen LogP contribution in [0.4, 0.5) is 0 Å². The van der Waals surface area contributed by atoms with Crippen molar-refractivity contribution in [2.24, 2.45) is 0 Å². The summed E-state index contributed by atoms with van der Waals surface area (Å²) >= 11 is 6.23. The van der Waals surface area contributed by atoms with Gasteiger partial charge >= 0.3 is 0 Å². The van der Waals surface area contributed by atoms with Gasteiger partial charge in [-0.15, -0.1) is 0 Å². The maximum absolute atomic E-state index is 6.23. The molecule has 0 radical (unpaired) electrons. The van der Waals surface area contributed by atoms with E-state index in [2.05, 4.69) is 22.4 Å². The third-order valence-electron chi connectivity index (χ3n) is 3.20. The number of nitrogens with one attached hydrogen (secondary N) is 1. The zero-order valence-electron chi connectivity index (χ0n) is 10.1. The zero-order chi connectivity index (χ0) is 12.4. The predicted molar refractivity (Wildman–Crippen MR) is 74.5 cm³/mol. The highest BCUT2D eigenvalue weighted by molar-refractivity contribution is 6.31. The van der Waals surface area contributed by atoms with Crippen molar-refractivity contribution in [1.29, 1.82) is 0 Å². The summed E-state index contributed by atoms with van der Waals surface area (Å²) in [7, 11) is 0. The van der Waals surface area contributed by atoms with Crippen LogP contribution in [0, 0.1) is 0 Å². The van der Waals surface area contributed by atoms with Gasteiger partial charge in [0.1, 0.15) is 0 Å². The van der Waals surface area contributed by atoms with E-state index < -0.39 is 0 Å². The van der Waals surface area contributed by atoms with Gasteiger partial charge in [-0.05, 0) is 47.7 Å². The van der Waals surface area contributed by atoms with Gasteiger partial charge in [0, 0.05) is 30.0 Å². The molecule has 1 fully saturated rings. The fraction of sp³-hybridized carbons (Fsp3) is 0.267. The Morgan fingerprint density at radius 1 is 1.22 bits per heavy atom. The molecule has 3 heteroatoms. The first-order chi connectivity index (χ1) is 8.83. The van der Waals surface area contributed by atoms with Crippen molar-refractivity contribution >= 4 is 11.6 Å². The van der Waals surface area contributed by atoms with Crippen molar-refractivity contribution in [2.75, 3.05) is 0 Å². The Labute approximate surface area is 112 Å². The zero-order valence-corrected chi connectivity index (χ0v) is 10.8. The Hall–Kier alpha value is -1.38. The summed E-state index contributed by atoms with van der Waals surface area (Å²) < 4.78 is 0. The number of rotatable bonds is 4. The molecular weight excluding hydrogens is 244 g/mol. The van der Waals surface area contributed by atoms with Crippen molar-refractivity contribution in [3.8, 4) is 11.1 Å². The fourth-order valence-electron chi connectivity index (χ4n) is 1.97. The van der Waals surface area contributed by atoms with E-state index in [0.717, 1.165) is 22.7 Å². The van der Waals surface area contributed by atoms with Crippen molar-refractivity contribution in [1.82, 2.24) is 10.3 Å². The van der Waals surface area contributed by atoms with Gasteiger partial charge in [-0.25, -0.2) is 0 Å². The summed E-state index contributed by atoms with van der Waals surface area (Å²) in [6.45, 7) is 0.845. The molecule has 1 aromatic heterocycles. The Kier molecular flexibility index (Phi) is 3.31. The maximum atomic E-state index is 6.23. The van der Waals surface area contributed by atoms with E-state index in [-0.39, 0.29) is 0 Å². The lowest BCUT2D eigenvalue weighted by atomic mass is 10.0. The molecular formula is C15H15ClN2. The van der Waals surface area contributed by atoms with Crippen LogP contribution in [0.25, 0.3) is 11.1 Å². The van der Waals surface area contributed by atoms with E-state index in [0.29, 0.717) is 6.04 Å². The Morgan fingerprint density at radius 2 is 2.11 bits per heavy atom. The van der Waals surface area contributed by atoms with Crippen molar-refractivity contribution in [3.05, 3.63) is 53.3 Å². The number of hydrogen-bond donors (Lipinski definition) is 1. The second-order valence-electron chi connectivity index (χ2n) is 4.70. The largest absolute Gasteiger partial charge is 0.310 e. The molecule has 2 aromatic rings. The Balaban J connectivity index is 1.84. The third-order valence-corrected chi connectivity index (χ3v) is 3.57. The minimum atomic E-state index is 0.697. The molecule has 3 rings (SSSR count). The topological polar surface area (TPSA) is 24.9 Å². The van der Waals surface area contributed by atoms with Crippen molar-refractivity contribution in [2.45, 2.75) is 25.4 Å². The lowest BCUT2D eigenvalue weighted by Gasteiger charge is -2.08. The van der Waals surface area contributed by atoms with Crippen LogP contribution in [0.15, 0.2) is 42.7 Å². The van der Waals surface area contributed by atoms with E-state index in [1.165, 1.54) is 18.4 Å². The molecule has 0 amide bonds. The first-order valence-electron chi connectivity index (χ1n) is 6.25. The number of hydrogen-bond acceptors (Lipinski definition) is 2. The summed E-state index contributed by atoms with van der Waals surface area (Å²) in [5, 5.41) is 4.32. The van der Waals surface area contributed by atoms with E-state index in [1.807, 2.05) is 24.4 Å². The number of nitrogens with zero attached hydrogens (tertiary/aromatic N) is 1. The molecule has 18 heavy (non-hydrogen) atoms. The van der Waals surface area contributed by atoms with Crippen LogP contribution in [0.2, 0.25) is 5.02 Å². The molecule has 0 saturated heterocycles. The molecule has 1 saturated carbocycles. The van der Waals surface area contributed by atoms with E-state index >= 15 is 0 Å². The third kappa shape index (κ3) is 2.71. The first kappa shape index (κ1) is 11.7. The fourth-order valence-corrected chi connectivity index (χ4v) is 2.15. The highest BCUT2D eigenvalue weighted by atomic mass is 35.5. The highest BCUT2D eigenvalue weighted by Crippen LogP contribution is 2.26. The molecule has 0 aliphatic heterocycles. The highest BCUT2D eigenvalue weighted by Gasteiger charge is 2.20. The molecule has 2 nitrogen and oxygen atoms in total. The molecule has 0 unspecified atom stereocenters. The van der Waals surface area contributed by atoms with E-state index in [1.54, 1.807) is 6.20 Å². The maximum Gasteiger partial charge on any atom is 0.0451 e. The van der Waals surface area contributed by atoms with E-state index in [4.69, 9.17) is 11.6 Å². The monoisotopic (exact) mass is 258 g/mol. The molecule has 0 atom stereocenters. The number of halogens is 1. The van der Waals surface area contributed by atoms with Crippen molar-refractivity contribution in [3.63, 3.8) is 0 Å². The van der Waals surface area contributed by atoms with Crippen LogP contribution in [0.3, 0.4) is 0 Å². The number of pyridine rings is 1. The van der Waals surface area contributed by atoms with Crippen LogP contribution in [-0.2, 0) is 6.54 Å². The minimum absolute atomic E-state index is 0.697. The average molecular weight is 259 g/mol.